The van der Waals surface area contributed by atoms with E-state index in [0.717, 1.165) is 19.2 Å². The lowest BCUT2D eigenvalue weighted by Gasteiger charge is -2.29. The van der Waals surface area contributed by atoms with Gasteiger partial charge >= 0.3 is 12.1 Å². The molecule has 0 unspecified atom stereocenters. The molecule has 0 amide bonds. The maximum atomic E-state index is 13.8. The van der Waals surface area contributed by atoms with Crippen LogP contribution in [0.1, 0.15) is 31.0 Å². The van der Waals surface area contributed by atoms with Crippen LogP contribution in [0.2, 0.25) is 0 Å². The molecular weight excluding hydrogens is 314 g/mol. The average Bonchev–Trinajstić information content (AvgIpc) is 2.35. The molecule has 0 aromatic heterocycles. The van der Waals surface area contributed by atoms with Crippen LogP contribution in [0.15, 0.2) is 18.2 Å². The summed E-state index contributed by atoms with van der Waals surface area (Å²) in [4.78, 5) is 11.6. The maximum absolute atomic E-state index is 13.8. The maximum Gasteiger partial charge on any atom is 0.416 e. The van der Waals surface area contributed by atoms with Gasteiger partial charge in [-0.25, -0.2) is 4.39 Å². The molecule has 0 bridgehead atoms. The topological polar surface area (TPSA) is 52.3 Å². The van der Waals surface area contributed by atoms with Crippen molar-refractivity contribution in [3.63, 3.8) is 0 Å². The van der Waals surface area contributed by atoms with Gasteiger partial charge in [0.05, 0.1) is 18.1 Å². The Labute approximate surface area is 125 Å². The standard InChI is InChI=1S/C13H15F4NO2.ClH/c1-12(2,11(19)20-3)10(18)8-5-4-7(6-9(8)14)13(15,16)17;/h4-6,10H,18H2,1-3H3;1H/t10-;/m1./s1. The molecule has 1 atom stereocenters. The van der Waals surface area contributed by atoms with E-state index in [0.29, 0.717) is 6.07 Å². The van der Waals surface area contributed by atoms with Crippen LogP contribution in [0.5, 0.6) is 0 Å². The molecule has 0 aliphatic rings. The van der Waals surface area contributed by atoms with Crippen molar-refractivity contribution >= 4 is 18.4 Å². The van der Waals surface area contributed by atoms with Gasteiger partial charge < -0.3 is 10.5 Å². The number of esters is 1. The zero-order valence-electron chi connectivity index (χ0n) is 11.6. The fraction of sp³-hybridized carbons (Fsp3) is 0.462. The summed E-state index contributed by atoms with van der Waals surface area (Å²) < 4.78 is 55.7. The summed E-state index contributed by atoms with van der Waals surface area (Å²) in [6.07, 6.45) is -4.64. The third-order valence-electron chi connectivity index (χ3n) is 3.15. The van der Waals surface area contributed by atoms with Gasteiger partial charge in [0.15, 0.2) is 0 Å². The first kappa shape index (κ1) is 19.7. The molecule has 8 heteroatoms. The van der Waals surface area contributed by atoms with Gasteiger partial charge in [0.1, 0.15) is 5.82 Å². The second-order valence-electron chi connectivity index (χ2n) is 4.92. The Morgan fingerprint density at radius 1 is 1.29 bits per heavy atom. The Hall–Kier alpha value is -1.34. The largest absolute Gasteiger partial charge is 0.469 e. The first-order valence-electron chi connectivity index (χ1n) is 5.72. The Morgan fingerprint density at radius 3 is 2.19 bits per heavy atom. The van der Waals surface area contributed by atoms with Crippen molar-refractivity contribution in [2.24, 2.45) is 11.1 Å². The van der Waals surface area contributed by atoms with E-state index < -0.39 is 35.0 Å². The minimum atomic E-state index is -4.64. The molecule has 0 saturated carbocycles. The first-order valence-corrected chi connectivity index (χ1v) is 5.72. The van der Waals surface area contributed by atoms with Crippen LogP contribution < -0.4 is 5.73 Å². The van der Waals surface area contributed by atoms with Crippen LogP contribution in [-0.2, 0) is 15.7 Å². The lowest BCUT2D eigenvalue weighted by Crippen LogP contribution is -2.37. The zero-order chi connectivity index (χ0) is 15.7. The number of rotatable bonds is 3. The van der Waals surface area contributed by atoms with Crippen LogP contribution in [0.25, 0.3) is 0 Å². The highest BCUT2D eigenvalue weighted by atomic mass is 35.5. The minimum Gasteiger partial charge on any atom is -0.469 e. The van der Waals surface area contributed by atoms with Crippen LogP contribution in [-0.4, -0.2) is 13.1 Å². The van der Waals surface area contributed by atoms with Crippen LogP contribution in [0.4, 0.5) is 17.6 Å². The molecule has 120 valence electrons. The molecule has 0 aliphatic heterocycles. The van der Waals surface area contributed by atoms with Gasteiger partial charge in [0.25, 0.3) is 0 Å². The molecule has 0 heterocycles. The Bertz CT molecular complexity index is 517. The van der Waals surface area contributed by atoms with Gasteiger partial charge in [-0.05, 0) is 26.0 Å². The monoisotopic (exact) mass is 329 g/mol. The molecule has 2 N–H and O–H groups in total. The summed E-state index contributed by atoms with van der Waals surface area (Å²) in [6.45, 7) is 2.86. The van der Waals surface area contributed by atoms with Crippen molar-refractivity contribution in [2.75, 3.05) is 7.11 Å². The van der Waals surface area contributed by atoms with Gasteiger partial charge in [-0.15, -0.1) is 12.4 Å². The normalized spacial score (nSPS) is 13.3. The molecule has 0 radical (unpaired) electrons. The van der Waals surface area contributed by atoms with Crippen molar-refractivity contribution < 1.29 is 27.1 Å². The lowest BCUT2D eigenvalue weighted by atomic mass is 9.80. The molecule has 3 nitrogen and oxygen atoms in total. The molecule has 1 aromatic carbocycles. The van der Waals surface area contributed by atoms with Crippen molar-refractivity contribution in [3.05, 3.63) is 35.1 Å². The second-order valence-corrected chi connectivity index (χ2v) is 4.92. The van der Waals surface area contributed by atoms with E-state index in [-0.39, 0.29) is 18.0 Å². The summed E-state index contributed by atoms with van der Waals surface area (Å²) >= 11 is 0. The third-order valence-corrected chi connectivity index (χ3v) is 3.15. The minimum absolute atomic E-state index is 0. The molecular formula is C13H16ClF4NO2. The number of halogens is 5. The Kier molecular flexibility index (Phi) is 6.19. The highest BCUT2D eigenvalue weighted by Crippen LogP contribution is 2.36. The predicted molar refractivity (Wildman–Crippen MR) is 71.4 cm³/mol. The number of carbonyl (C=O) groups excluding carboxylic acids is 1. The quantitative estimate of drug-likeness (QED) is 0.682. The fourth-order valence-corrected chi connectivity index (χ4v) is 1.73. The van der Waals surface area contributed by atoms with Crippen molar-refractivity contribution in [1.29, 1.82) is 0 Å². The van der Waals surface area contributed by atoms with E-state index in [1.54, 1.807) is 0 Å². The summed E-state index contributed by atoms with van der Waals surface area (Å²) in [6, 6.07) is 0.902. The molecule has 1 rings (SSSR count). The number of nitrogens with two attached hydrogens (primary N) is 1. The summed E-state index contributed by atoms with van der Waals surface area (Å²) in [5, 5.41) is 0. The molecule has 0 spiro atoms. The lowest BCUT2D eigenvalue weighted by molar-refractivity contribution is -0.152. The molecule has 21 heavy (non-hydrogen) atoms. The SMILES string of the molecule is COC(=O)C(C)(C)[C@H](N)c1ccc(C(F)(F)F)cc1F.Cl. The predicted octanol–water partition coefficient (Wildman–Crippen LogP) is 3.47. The van der Waals surface area contributed by atoms with Gasteiger partial charge in [-0.3, -0.25) is 4.79 Å². The number of methoxy groups -OCH3 is 1. The number of hydrogen-bond acceptors (Lipinski definition) is 3. The van der Waals surface area contributed by atoms with Crippen LogP contribution in [0.3, 0.4) is 0 Å². The third kappa shape index (κ3) is 4.07. The summed E-state index contributed by atoms with van der Waals surface area (Å²) in [5.41, 5.74) is 3.24. The number of alkyl halides is 3. The van der Waals surface area contributed by atoms with Gasteiger partial charge in [0.2, 0.25) is 0 Å². The number of benzene rings is 1. The molecule has 0 fully saturated rings. The van der Waals surface area contributed by atoms with Gasteiger partial charge in [-0.2, -0.15) is 13.2 Å². The highest BCUT2D eigenvalue weighted by molar-refractivity contribution is 5.85. The summed E-state index contributed by atoms with van der Waals surface area (Å²) in [7, 11) is 1.15. The van der Waals surface area contributed by atoms with E-state index >= 15 is 0 Å². The summed E-state index contributed by atoms with van der Waals surface area (Å²) in [5.74, 6) is -1.78. The van der Waals surface area contributed by atoms with Crippen molar-refractivity contribution in [2.45, 2.75) is 26.1 Å². The Balaban J connectivity index is 0.00000400. The molecule has 1 aromatic rings. The molecule has 0 aliphatic carbocycles. The second kappa shape index (κ2) is 6.62. The van der Waals surface area contributed by atoms with Crippen LogP contribution >= 0.6 is 12.4 Å². The van der Waals surface area contributed by atoms with E-state index in [1.807, 2.05) is 0 Å². The van der Waals surface area contributed by atoms with Crippen LogP contribution in [0, 0.1) is 11.2 Å². The van der Waals surface area contributed by atoms with E-state index in [4.69, 9.17) is 5.73 Å². The fourth-order valence-electron chi connectivity index (χ4n) is 1.73. The number of carbonyl (C=O) groups is 1. The average molecular weight is 330 g/mol. The highest BCUT2D eigenvalue weighted by Gasteiger charge is 2.39. The smallest absolute Gasteiger partial charge is 0.416 e. The Morgan fingerprint density at radius 2 is 1.81 bits per heavy atom. The molecule has 0 saturated heterocycles. The van der Waals surface area contributed by atoms with Crippen molar-refractivity contribution in [1.82, 2.24) is 0 Å². The van der Waals surface area contributed by atoms with Crippen molar-refractivity contribution in [3.8, 4) is 0 Å². The van der Waals surface area contributed by atoms with E-state index in [2.05, 4.69) is 4.74 Å². The van der Waals surface area contributed by atoms with Gasteiger partial charge in [0, 0.05) is 11.6 Å². The van der Waals surface area contributed by atoms with E-state index in [9.17, 15) is 22.4 Å². The van der Waals surface area contributed by atoms with E-state index in [1.165, 1.54) is 13.8 Å². The van der Waals surface area contributed by atoms with Gasteiger partial charge in [-0.1, -0.05) is 6.07 Å². The number of hydrogen-bond donors (Lipinski definition) is 1. The zero-order valence-corrected chi connectivity index (χ0v) is 12.4. The first-order chi connectivity index (χ1) is 9.01. The number of ether oxygens (including phenoxy) is 1.